The van der Waals surface area contributed by atoms with Crippen molar-refractivity contribution < 1.29 is 13.5 Å². The quantitative estimate of drug-likeness (QED) is 0.440. The van der Waals surface area contributed by atoms with Crippen LogP contribution in [0.2, 0.25) is 0 Å². The van der Waals surface area contributed by atoms with Gasteiger partial charge < -0.3 is 20.6 Å². The van der Waals surface area contributed by atoms with Crippen LogP contribution in [0.5, 0.6) is 0 Å². The third-order valence-corrected chi connectivity index (χ3v) is 7.31. The van der Waals surface area contributed by atoms with Crippen molar-refractivity contribution in [1.29, 1.82) is 0 Å². The van der Waals surface area contributed by atoms with E-state index in [9.17, 15) is 13.5 Å². The Morgan fingerprint density at radius 3 is 2.55 bits per heavy atom. The Morgan fingerprint density at radius 1 is 1.09 bits per heavy atom. The fourth-order valence-corrected chi connectivity index (χ4v) is 5.41. The first-order valence-electron chi connectivity index (χ1n) is 10.1. The maximum absolute atomic E-state index is 13.5. The van der Waals surface area contributed by atoms with Gasteiger partial charge in [-0.05, 0) is 24.3 Å². The van der Waals surface area contributed by atoms with E-state index >= 15 is 0 Å². The Kier molecular flexibility index (Phi) is 4.96. The molecule has 1 aliphatic rings. The van der Waals surface area contributed by atoms with Crippen LogP contribution in [0.25, 0.3) is 27.1 Å². The van der Waals surface area contributed by atoms with E-state index in [2.05, 4.69) is 19.8 Å². The van der Waals surface area contributed by atoms with Crippen molar-refractivity contribution in [3.63, 3.8) is 0 Å². The van der Waals surface area contributed by atoms with Gasteiger partial charge in [-0.25, -0.2) is 33.9 Å². The van der Waals surface area contributed by atoms with Crippen LogP contribution in [0, 0.1) is 6.57 Å². The van der Waals surface area contributed by atoms with Gasteiger partial charge in [0.1, 0.15) is 6.10 Å². The molecule has 0 bridgehead atoms. The van der Waals surface area contributed by atoms with Crippen molar-refractivity contribution in [2.75, 3.05) is 23.7 Å². The second-order valence-electron chi connectivity index (χ2n) is 7.65. The fourth-order valence-electron chi connectivity index (χ4n) is 4.07. The van der Waals surface area contributed by atoms with E-state index in [1.165, 1.54) is 30.7 Å². The predicted octanol–water partition coefficient (Wildman–Crippen LogP) is 1.78. The van der Waals surface area contributed by atoms with Gasteiger partial charge in [0.05, 0.1) is 34.8 Å². The molecule has 1 fully saturated rings. The normalized spacial score (nSPS) is 18.5. The summed E-state index contributed by atoms with van der Waals surface area (Å²) in [4.78, 5) is 18.1. The highest BCUT2D eigenvalue weighted by Crippen LogP contribution is 2.38. The number of benzene rings is 1. The highest BCUT2D eigenvalue weighted by atomic mass is 32.2. The van der Waals surface area contributed by atoms with Crippen molar-refractivity contribution in [2.45, 2.75) is 17.0 Å². The number of β-amino-alcohol motifs (C(OH)–C–C–N with tert-alkyl or cyclic N) is 1. The monoisotopic (exact) mass is 461 g/mol. The van der Waals surface area contributed by atoms with Crippen LogP contribution < -0.4 is 10.6 Å². The Balaban J connectivity index is 1.79. The number of anilines is 2. The molecular formula is C22H19N7O3S. The van der Waals surface area contributed by atoms with Crippen molar-refractivity contribution in [2.24, 2.45) is 0 Å². The van der Waals surface area contributed by atoms with Crippen LogP contribution in [-0.2, 0) is 10.0 Å². The molecule has 11 heteroatoms. The zero-order valence-electron chi connectivity index (χ0n) is 17.3. The van der Waals surface area contributed by atoms with E-state index in [0.29, 0.717) is 28.9 Å². The summed E-state index contributed by atoms with van der Waals surface area (Å²) in [5, 5.41) is 10.8. The van der Waals surface area contributed by atoms with E-state index < -0.39 is 22.2 Å². The smallest absolute Gasteiger partial charge is 0.269 e. The fraction of sp³-hybridized carbons (Fsp3) is 0.182. The standard InChI is InChI=1S/C22H19N7O3S/c1-24-17-12-28(13-19(17)30)18-8-10-25-21-20(18)15(16-7-9-26-22(23)27-16)11-29(21)33(31,32)14-5-3-2-4-6-14/h2-11,17,19,30H,12-13H2,(H2,23,26,27)/t17-,19-/m0/s1. The molecule has 166 valence electrons. The first-order valence-corrected chi connectivity index (χ1v) is 11.5. The molecule has 0 amide bonds. The lowest BCUT2D eigenvalue weighted by Gasteiger charge is -2.18. The summed E-state index contributed by atoms with van der Waals surface area (Å²) >= 11 is 0. The largest absolute Gasteiger partial charge is 0.383 e. The molecule has 2 atom stereocenters. The highest BCUT2D eigenvalue weighted by molar-refractivity contribution is 7.90. The second kappa shape index (κ2) is 7.84. The van der Waals surface area contributed by atoms with Gasteiger partial charge in [-0.3, -0.25) is 0 Å². The van der Waals surface area contributed by atoms with Crippen molar-refractivity contribution in [3.05, 3.63) is 72.5 Å². The number of aromatic nitrogens is 4. The number of rotatable bonds is 4. The molecule has 1 aromatic carbocycles. The number of nitrogens with zero attached hydrogens (tertiary/aromatic N) is 6. The molecule has 0 spiro atoms. The van der Waals surface area contributed by atoms with Crippen LogP contribution in [0.1, 0.15) is 0 Å². The molecule has 10 nitrogen and oxygen atoms in total. The summed E-state index contributed by atoms with van der Waals surface area (Å²) in [5.74, 6) is 0.0504. The minimum atomic E-state index is -3.97. The predicted molar refractivity (Wildman–Crippen MR) is 123 cm³/mol. The molecule has 3 aromatic heterocycles. The summed E-state index contributed by atoms with van der Waals surface area (Å²) in [6.07, 6.45) is 3.69. The maximum atomic E-state index is 13.5. The van der Waals surface area contributed by atoms with Crippen LogP contribution in [0.4, 0.5) is 11.6 Å². The van der Waals surface area contributed by atoms with E-state index in [0.717, 1.165) is 3.97 Å². The van der Waals surface area contributed by atoms with Gasteiger partial charge in [0, 0.05) is 24.2 Å². The maximum Gasteiger partial charge on any atom is 0.269 e. The molecule has 0 unspecified atom stereocenters. The topological polar surface area (TPSA) is 132 Å². The number of fused-ring (bicyclic) bond motifs is 1. The molecule has 1 aliphatic heterocycles. The first kappa shape index (κ1) is 20.9. The third-order valence-electron chi connectivity index (χ3n) is 5.65. The molecule has 1 saturated heterocycles. The lowest BCUT2D eigenvalue weighted by Crippen LogP contribution is -2.21. The molecule has 33 heavy (non-hydrogen) atoms. The van der Waals surface area contributed by atoms with Gasteiger partial charge in [-0.15, -0.1) is 0 Å². The SMILES string of the molecule is [C-]#[N+][C@H]1CN(c2ccnc3c2c(-c2ccnc(N)n2)cn3S(=O)(=O)c2ccccc2)C[C@@H]1O. The van der Waals surface area contributed by atoms with Gasteiger partial charge in [-0.2, -0.15) is 0 Å². The molecular weight excluding hydrogens is 442 g/mol. The molecule has 4 heterocycles. The van der Waals surface area contributed by atoms with Gasteiger partial charge >= 0.3 is 0 Å². The lowest BCUT2D eigenvalue weighted by molar-refractivity contribution is 0.192. The number of aliphatic hydroxyl groups is 1. The van der Waals surface area contributed by atoms with Gasteiger partial charge in [0.25, 0.3) is 16.1 Å². The number of hydrogen-bond acceptors (Lipinski definition) is 8. The van der Waals surface area contributed by atoms with E-state index in [1.54, 1.807) is 30.3 Å². The summed E-state index contributed by atoms with van der Waals surface area (Å²) in [6.45, 7) is 7.89. The Labute approximate surface area is 189 Å². The molecule has 0 saturated carbocycles. The Morgan fingerprint density at radius 2 is 1.85 bits per heavy atom. The summed E-state index contributed by atoms with van der Waals surface area (Å²) in [5.41, 5.74) is 7.60. The van der Waals surface area contributed by atoms with Crippen molar-refractivity contribution >= 4 is 32.7 Å². The van der Waals surface area contributed by atoms with E-state index in [-0.39, 0.29) is 23.0 Å². The van der Waals surface area contributed by atoms with Gasteiger partial charge in [0.15, 0.2) is 5.65 Å². The van der Waals surface area contributed by atoms with E-state index in [1.807, 2.05) is 4.90 Å². The summed E-state index contributed by atoms with van der Waals surface area (Å²) in [6, 6.07) is 10.9. The Bertz CT molecular complexity index is 1500. The first-order chi connectivity index (χ1) is 15.9. The van der Waals surface area contributed by atoms with Gasteiger partial charge in [-0.1, -0.05) is 18.2 Å². The number of nitrogen functional groups attached to an aromatic ring is 1. The molecule has 3 N–H and O–H groups in total. The second-order valence-corrected chi connectivity index (χ2v) is 9.47. The number of nitrogens with two attached hydrogens (primary N) is 1. The lowest BCUT2D eigenvalue weighted by atomic mass is 10.1. The van der Waals surface area contributed by atoms with E-state index in [4.69, 9.17) is 12.3 Å². The van der Waals surface area contributed by atoms with Crippen LogP contribution in [-0.4, -0.2) is 57.7 Å². The number of pyridine rings is 1. The Hall–Kier alpha value is -4.01. The molecule has 0 aliphatic carbocycles. The van der Waals surface area contributed by atoms with Gasteiger partial charge in [0.2, 0.25) is 5.95 Å². The molecule has 0 radical (unpaired) electrons. The van der Waals surface area contributed by atoms with Crippen LogP contribution >= 0.6 is 0 Å². The average molecular weight is 462 g/mol. The zero-order chi connectivity index (χ0) is 23.2. The van der Waals surface area contributed by atoms with Crippen molar-refractivity contribution in [1.82, 2.24) is 18.9 Å². The highest BCUT2D eigenvalue weighted by Gasteiger charge is 2.37. The number of aliphatic hydroxyl groups excluding tert-OH is 1. The zero-order valence-corrected chi connectivity index (χ0v) is 18.1. The minimum Gasteiger partial charge on any atom is -0.383 e. The average Bonchev–Trinajstić information content (AvgIpc) is 3.40. The molecule has 5 rings (SSSR count). The van der Waals surface area contributed by atoms with Crippen molar-refractivity contribution in [3.8, 4) is 11.3 Å². The summed E-state index contributed by atoms with van der Waals surface area (Å²) < 4.78 is 28.2. The van der Waals surface area contributed by atoms with Crippen LogP contribution in [0.3, 0.4) is 0 Å². The number of hydrogen-bond donors (Lipinski definition) is 2. The van der Waals surface area contributed by atoms with Crippen LogP contribution in [0.15, 0.2) is 66.0 Å². The minimum absolute atomic E-state index is 0.0504. The third kappa shape index (κ3) is 3.45. The summed E-state index contributed by atoms with van der Waals surface area (Å²) in [7, 11) is -3.97. The molecule has 4 aromatic rings.